The van der Waals surface area contributed by atoms with Crippen molar-refractivity contribution in [3.05, 3.63) is 126 Å². The first-order chi connectivity index (χ1) is 18.8. The van der Waals surface area contributed by atoms with Gasteiger partial charge in [0.25, 0.3) is 0 Å². The molecule has 0 spiro atoms. The number of fused-ring (bicyclic) bond motifs is 3. The lowest BCUT2D eigenvalue weighted by Gasteiger charge is -2.33. The summed E-state index contributed by atoms with van der Waals surface area (Å²) in [6.45, 7) is 5.40. The normalized spacial score (nSPS) is 12.1. The van der Waals surface area contributed by atoms with Gasteiger partial charge in [-0.2, -0.15) is 0 Å². The second-order valence-corrected chi connectivity index (χ2v) is 10.4. The molecule has 0 bridgehead atoms. The van der Waals surface area contributed by atoms with Crippen molar-refractivity contribution in [1.29, 1.82) is 0 Å². The molecule has 0 radical (unpaired) electrons. The zero-order valence-corrected chi connectivity index (χ0v) is 22.0. The number of rotatable bonds is 4. The van der Waals surface area contributed by atoms with Gasteiger partial charge in [0.2, 0.25) is 5.60 Å². The Morgan fingerprint density at radius 2 is 0.872 bits per heavy atom. The summed E-state index contributed by atoms with van der Waals surface area (Å²) in [6.07, 6.45) is -0.845. The third kappa shape index (κ3) is 4.66. The largest absolute Gasteiger partial charge is 0.510 e. The highest BCUT2D eigenvalue weighted by atomic mass is 16.7. The number of carbonyl (C=O) groups is 1. The molecule has 0 aliphatic carbocycles. The number of aromatic nitrogens is 3. The van der Waals surface area contributed by atoms with Crippen molar-refractivity contribution in [2.45, 2.75) is 32.0 Å². The standard InChI is InChI=1S/C33H27N3O3/c1-32(2,3)38-31(37)39-33(28-19-16-22-10-4-7-13-25(22)34-28,29-20-17-23-11-5-8-14-26(23)35-29)30-21-18-24-12-6-9-15-27(24)36-30/h4-21H,1-3H3. The van der Waals surface area contributed by atoms with Crippen molar-refractivity contribution in [2.75, 3.05) is 0 Å². The molecule has 0 saturated heterocycles. The molecule has 0 atom stereocenters. The Bertz CT molecular complexity index is 1650. The maximum atomic E-state index is 13.5. The van der Waals surface area contributed by atoms with E-state index in [1.54, 1.807) is 20.8 Å². The Balaban J connectivity index is 1.68. The quantitative estimate of drug-likeness (QED) is 0.226. The van der Waals surface area contributed by atoms with Gasteiger partial charge < -0.3 is 9.47 Å². The highest BCUT2D eigenvalue weighted by Crippen LogP contribution is 2.40. The van der Waals surface area contributed by atoms with E-state index in [2.05, 4.69) is 0 Å². The number of carbonyl (C=O) groups excluding carboxylic acids is 1. The summed E-state index contributed by atoms with van der Waals surface area (Å²) in [5, 5.41) is 2.89. The number of ether oxygens (including phenoxy) is 2. The first-order valence-corrected chi connectivity index (χ1v) is 12.8. The second-order valence-electron chi connectivity index (χ2n) is 10.4. The van der Waals surface area contributed by atoms with Crippen molar-refractivity contribution in [3.63, 3.8) is 0 Å². The zero-order chi connectivity index (χ0) is 27.0. The van der Waals surface area contributed by atoms with Gasteiger partial charge in [-0.1, -0.05) is 72.8 Å². The van der Waals surface area contributed by atoms with Crippen LogP contribution in [-0.2, 0) is 15.1 Å². The SMILES string of the molecule is CC(C)(C)OC(=O)OC(c1ccc2ccccc2n1)(c1ccc2ccccc2n1)c1ccc2ccccc2n1. The summed E-state index contributed by atoms with van der Waals surface area (Å²) in [4.78, 5) is 28.4. The Kier molecular flexibility index (Phi) is 5.95. The molecule has 6 rings (SSSR count). The van der Waals surface area contributed by atoms with Crippen LogP contribution < -0.4 is 0 Å². The van der Waals surface area contributed by atoms with E-state index in [0.29, 0.717) is 17.1 Å². The molecule has 6 aromatic rings. The molecule has 39 heavy (non-hydrogen) atoms. The Labute approximate surface area is 226 Å². The molecule has 0 fully saturated rings. The van der Waals surface area contributed by atoms with Crippen molar-refractivity contribution in [2.24, 2.45) is 0 Å². The average molecular weight is 514 g/mol. The number of benzene rings is 3. The highest BCUT2D eigenvalue weighted by molar-refractivity contribution is 5.82. The van der Waals surface area contributed by atoms with Crippen LogP contribution in [0.1, 0.15) is 37.9 Å². The molecule has 3 heterocycles. The van der Waals surface area contributed by atoms with Crippen LogP contribution in [0.15, 0.2) is 109 Å². The first kappa shape index (κ1) is 24.5. The summed E-state index contributed by atoms with van der Waals surface area (Å²) in [5.41, 5.74) is 1.32. The topological polar surface area (TPSA) is 74.2 Å². The third-order valence-corrected chi connectivity index (χ3v) is 6.50. The molecule has 0 N–H and O–H groups in total. The van der Waals surface area contributed by atoms with Gasteiger partial charge in [0.05, 0.1) is 33.6 Å². The first-order valence-electron chi connectivity index (χ1n) is 12.8. The summed E-state index contributed by atoms with van der Waals surface area (Å²) in [5.74, 6) is 0. The second kappa shape index (κ2) is 9.48. The molecule has 0 aliphatic heterocycles. The van der Waals surface area contributed by atoms with E-state index in [0.717, 1.165) is 32.7 Å². The minimum atomic E-state index is -1.60. The molecule has 3 aromatic heterocycles. The minimum Gasteiger partial charge on any atom is -0.429 e. The van der Waals surface area contributed by atoms with Gasteiger partial charge in [-0.25, -0.2) is 19.7 Å². The van der Waals surface area contributed by atoms with Crippen LogP contribution in [0.5, 0.6) is 0 Å². The van der Waals surface area contributed by atoms with Crippen LogP contribution in [0.2, 0.25) is 0 Å². The highest BCUT2D eigenvalue weighted by Gasteiger charge is 2.46. The lowest BCUT2D eigenvalue weighted by Crippen LogP contribution is -2.39. The Morgan fingerprint density at radius 3 is 1.23 bits per heavy atom. The lowest BCUT2D eigenvalue weighted by molar-refractivity contribution is -0.0445. The van der Waals surface area contributed by atoms with Crippen LogP contribution in [0.25, 0.3) is 32.7 Å². The van der Waals surface area contributed by atoms with E-state index in [9.17, 15) is 4.79 Å². The average Bonchev–Trinajstić information content (AvgIpc) is 2.94. The summed E-state index contributed by atoms with van der Waals surface area (Å²) in [6, 6.07) is 34.9. The molecule has 0 amide bonds. The van der Waals surface area contributed by atoms with Gasteiger partial charge in [0, 0.05) is 16.2 Å². The van der Waals surface area contributed by atoms with E-state index >= 15 is 0 Å². The minimum absolute atomic E-state index is 0.470. The molecular weight excluding hydrogens is 486 g/mol. The Morgan fingerprint density at radius 1 is 0.513 bits per heavy atom. The number of para-hydroxylation sites is 3. The van der Waals surface area contributed by atoms with E-state index in [1.807, 2.05) is 109 Å². The summed E-state index contributed by atoms with van der Waals surface area (Å²) < 4.78 is 12.0. The van der Waals surface area contributed by atoms with Gasteiger partial charge >= 0.3 is 6.16 Å². The molecular formula is C33H27N3O3. The molecule has 6 heteroatoms. The molecule has 3 aromatic carbocycles. The fraction of sp³-hybridized carbons (Fsp3) is 0.152. The monoisotopic (exact) mass is 513 g/mol. The predicted octanol–water partition coefficient (Wildman–Crippen LogP) is 7.57. The van der Waals surface area contributed by atoms with Crippen molar-refractivity contribution >= 4 is 38.9 Å². The molecule has 192 valence electrons. The van der Waals surface area contributed by atoms with Crippen LogP contribution in [0.4, 0.5) is 4.79 Å². The van der Waals surface area contributed by atoms with Crippen LogP contribution in [-0.4, -0.2) is 26.7 Å². The van der Waals surface area contributed by atoms with E-state index in [1.165, 1.54) is 0 Å². The maximum Gasteiger partial charge on any atom is 0.510 e. The summed E-state index contributed by atoms with van der Waals surface area (Å²) >= 11 is 0. The predicted molar refractivity (Wildman–Crippen MR) is 152 cm³/mol. The molecule has 0 aliphatic rings. The smallest absolute Gasteiger partial charge is 0.429 e. The van der Waals surface area contributed by atoms with Crippen LogP contribution in [0, 0.1) is 0 Å². The van der Waals surface area contributed by atoms with Crippen molar-refractivity contribution in [1.82, 2.24) is 15.0 Å². The number of hydrogen-bond donors (Lipinski definition) is 0. The van der Waals surface area contributed by atoms with Crippen LogP contribution >= 0.6 is 0 Å². The zero-order valence-electron chi connectivity index (χ0n) is 22.0. The Hall–Kier alpha value is -4.84. The van der Waals surface area contributed by atoms with Gasteiger partial charge in [0.1, 0.15) is 5.60 Å². The number of nitrogens with zero attached hydrogens (tertiary/aromatic N) is 3. The lowest BCUT2D eigenvalue weighted by atomic mass is 9.88. The van der Waals surface area contributed by atoms with Crippen molar-refractivity contribution in [3.8, 4) is 0 Å². The fourth-order valence-corrected chi connectivity index (χ4v) is 4.73. The fourth-order valence-electron chi connectivity index (χ4n) is 4.73. The number of hydrogen-bond acceptors (Lipinski definition) is 6. The number of pyridine rings is 3. The van der Waals surface area contributed by atoms with Gasteiger partial charge in [-0.3, -0.25) is 0 Å². The van der Waals surface area contributed by atoms with Crippen LogP contribution in [0.3, 0.4) is 0 Å². The van der Waals surface area contributed by atoms with Gasteiger partial charge in [-0.05, 0) is 57.2 Å². The molecule has 0 unspecified atom stereocenters. The third-order valence-electron chi connectivity index (χ3n) is 6.50. The summed E-state index contributed by atoms with van der Waals surface area (Å²) in [7, 11) is 0. The van der Waals surface area contributed by atoms with Gasteiger partial charge in [0.15, 0.2) is 0 Å². The maximum absolute atomic E-state index is 13.5. The van der Waals surface area contributed by atoms with E-state index in [-0.39, 0.29) is 0 Å². The molecule has 6 nitrogen and oxygen atoms in total. The van der Waals surface area contributed by atoms with E-state index in [4.69, 9.17) is 24.4 Å². The van der Waals surface area contributed by atoms with E-state index < -0.39 is 17.4 Å². The molecule has 0 saturated carbocycles. The van der Waals surface area contributed by atoms with Crippen molar-refractivity contribution < 1.29 is 14.3 Å². The van der Waals surface area contributed by atoms with Gasteiger partial charge in [-0.15, -0.1) is 0 Å².